The highest BCUT2D eigenvalue weighted by Gasteiger charge is 2.14. The molecule has 0 aromatic heterocycles. The molecule has 0 saturated heterocycles. The van der Waals surface area contributed by atoms with E-state index in [1.54, 1.807) is 35.2 Å². The Bertz CT molecular complexity index is 452. The molecule has 0 N–H and O–H groups in total. The third-order valence-electron chi connectivity index (χ3n) is 2.19. The number of thiocarbonyl (C=S) groups is 1. The molecule has 0 spiro atoms. The van der Waals surface area contributed by atoms with E-state index in [2.05, 4.69) is 0 Å². The van der Waals surface area contributed by atoms with Crippen LogP contribution in [0.5, 0.6) is 0 Å². The molecule has 0 aliphatic heterocycles. The first-order chi connectivity index (χ1) is 7.43. The van der Waals surface area contributed by atoms with Gasteiger partial charge in [-0.2, -0.15) is 0 Å². The van der Waals surface area contributed by atoms with Crippen LogP contribution >= 0.6 is 12.2 Å². The van der Waals surface area contributed by atoms with Crippen LogP contribution in [0.25, 0.3) is 0 Å². The second-order valence-electron chi connectivity index (χ2n) is 3.67. The molecule has 0 radical (unpaired) electrons. The quantitative estimate of drug-likeness (QED) is 0.770. The molecular formula is C11H15NO2S2. The van der Waals surface area contributed by atoms with Crippen LogP contribution in [-0.4, -0.2) is 38.2 Å². The molecule has 0 aliphatic rings. The highest BCUT2D eigenvalue weighted by Crippen LogP contribution is 2.11. The Morgan fingerprint density at radius 3 is 2.31 bits per heavy atom. The SMILES string of the molecule is CN(C)C(=S)CCS(=O)(=O)c1ccccc1. The van der Waals surface area contributed by atoms with Crippen molar-refractivity contribution in [3.05, 3.63) is 30.3 Å². The van der Waals surface area contributed by atoms with Gasteiger partial charge in [-0.3, -0.25) is 0 Å². The van der Waals surface area contributed by atoms with Gasteiger partial charge in [0.2, 0.25) is 0 Å². The summed E-state index contributed by atoms with van der Waals surface area (Å²) in [5, 5.41) is 0. The van der Waals surface area contributed by atoms with Crippen molar-refractivity contribution >= 4 is 27.0 Å². The Kier molecular flexibility index (Phi) is 4.44. The van der Waals surface area contributed by atoms with Crippen molar-refractivity contribution in [1.82, 2.24) is 4.90 Å². The van der Waals surface area contributed by atoms with Crippen molar-refractivity contribution in [2.24, 2.45) is 0 Å². The Hall–Kier alpha value is -0.940. The van der Waals surface area contributed by atoms with Gasteiger partial charge in [0.1, 0.15) is 0 Å². The van der Waals surface area contributed by atoms with Gasteiger partial charge < -0.3 is 4.90 Å². The minimum Gasteiger partial charge on any atom is -0.372 e. The van der Waals surface area contributed by atoms with Crippen molar-refractivity contribution in [3.63, 3.8) is 0 Å². The molecule has 0 amide bonds. The number of nitrogens with zero attached hydrogens (tertiary/aromatic N) is 1. The minimum atomic E-state index is -3.20. The standard InChI is InChI=1S/C11H15NO2S2/c1-12(2)11(15)8-9-16(13,14)10-6-4-3-5-7-10/h3-7H,8-9H2,1-2H3. The molecule has 5 heteroatoms. The lowest BCUT2D eigenvalue weighted by molar-refractivity contribution is 0.591. The first-order valence-electron chi connectivity index (χ1n) is 4.91. The smallest absolute Gasteiger partial charge is 0.178 e. The molecule has 3 nitrogen and oxygen atoms in total. The molecule has 0 atom stereocenters. The maximum atomic E-state index is 11.9. The van der Waals surface area contributed by atoms with Crippen LogP contribution in [0.3, 0.4) is 0 Å². The van der Waals surface area contributed by atoms with Gasteiger partial charge in [-0.25, -0.2) is 8.42 Å². The van der Waals surface area contributed by atoms with E-state index in [1.807, 2.05) is 14.1 Å². The van der Waals surface area contributed by atoms with Crippen LogP contribution in [0.15, 0.2) is 35.2 Å². The number of hydrogen-bond acceptors (Lipinski definition) is 3. The van der Waals surface area contributed by atoms with Crippen molar-refractivity contribution in [1.29, 1.82) is 0 Å². The Morgan fingerprint density at radius 1 is 1.25 bits per heavy atom. The molecule has 16 heavy (non-hydrogen) atoms. The van der Waals surface area contributed by atoms with Crippen molar-refractivity contribution < 1.29 is 8.42 Å². The summed E-state index contributed by atoms with van der Waals surface area (Å²) in [5.41, 5.74) is 0. The van der Waals surface area contributed by atoms with Crippen LogP contribution in [0.4, 0.5) is 0 Å². The van der Waals surface area contributed by atoms with Gasteiger partial charge in [0.15, 0.2) is 9.84 Å². The van der Waals surface area contributed by atoms with Gasteiger partial charge in [0, 0.05) is 20.5 Å². The van der Waals surface area contributed by atoms with E-state index in [0.29, 0.717) is 16.3 Å². The second-order valence-corrected chi connectivity index (χ2v) is 6.25. The summed E-state index contributed by atoms with van der Waals surface area (Å²) in [7, 11) is 0.431. The Morgan fingerprint density at radius 2 is 1.81 bits per heavy atom. The van der Waals surface area contributed by atoms with Crippen molar-refractivity contribution in [2.45, 2.75) is 11.3 Å². The summed E-state index contributed by atoms with van der Waals surface area (Å²) < 4.78 is 23.8. The summed E-state index contributed by atoms with van der Waals surface area (Å²) in [4.78, 5) is 2.77. The molecule has 1 aromatic rings. The second kappa shape index (κ2) is 5.41. The monoisotopic (exact) mass is 257 g/mol. The minimum absolute atomic E-state index is 0.0635. The molecular weight excluding hydrogens is 242 g/mol. The number of sulfone groups is 1. The van der Waals surface area contributed by atoms with E-state index in [1.165, 1.54) is 0 Å². The van der Waals surface area contributed by atoms with Crippen LogP contribution < -0.4 is 0 Å². The van der Waals surface area contributed by atoms with Crippen LogP contribution in [0.2, 0.25) is 0 Å². The van der Waals surface area contributed by atoms with Crippen molar-refractivity contribution in [2.75, 3.05) is 19.8 Å². The van der Waals surface area contributed by atoms with E-state index < -0.39 is 9.84 Å². The fraction of sp³-hybridized carbons (Fsp3) is 0.364. The zero-order valence-corrected chi connectivity index (χ0v) is 11.0. The summed E-state index contributed by atoms with van der Waals surface area (Å²) in [5.74, 6) is 0.0635. The summed E-state index contributed by atoms with van der Waals surface area (Å²) in [6.45, 7) is 0. The lowest BCUT2D eigenvalue weighted by atomic mass is 10.4. The summed E-state index contributed by atoms with van der Waals surface area (Å²) >= 11 is 5.06. The lowest BCUT2D eigenvalue weighted by Crippen LogP contribution is -2.22. The fourth-order valence-corrected chi connectivity index (χ4v) is 2.69. The van der Waals surface area contributed by atoms with E-state index in [0.717, 1.165) is 0 Å². The first kappa shape index (κ1) is 13.1. The molecule has 0 aliphatic carbocycles. The van der Waals surface area contributed by atoms with Gasteiger partial charge in [-0.15, -0.1) is 0 Å². The predicted molar refractivity (Wildman–Crippen MR) is 69.4 cm³/mol. The summed E-state index contributed by atoms with van der Waals surface area (Å²) in [6.07, 6.45) is 0.388. The van der Waals surface area contributed by atoms with Gasteiger partial charge in [0.05, 0.1) is 15.6 Å². The van der Waals surface area contributed by atoms with Crippen LogP contribution in [0.1, 0.15) is 6.42 Å². The molecule has 0 unspecified atom stereocenters. The molecule has 0 heterocycles. The van der Waals surface area contributed by atoms with E-state index in [9.17, 15) is 8.42 Å². The normalized spacial score (nSPS) is 11.1. The number of hydrogen-bond donors (Lipinski definition) is 0. The maximum Gasteiger partial charge on any atom is 0.178 e. The largest absolute Gasteiger partial charge is 0.372 e. The van der Waals surface area contributed by atoms with Gasteiger partial charge in [-0.05, 0) is 12.1 Å². The molecule has 0 saturated carbocycles. The maximum absolute atomic E-state index is 11.9. The third-order valence-corrected chi connectivity index (χ3v) is 4.49. The zero-order chi connectivity index (χ0) is 12.2. The van der Waals surface area contributed by atoms with Gasteiger partial charge in [0.25, 0.3) is 0 Å². The third kappa shape index (κ3) is 3.57. The van der Waals surface area contributed by atoms with Gasteiger partial charge >= 0.3 is 0 Å². The molecule has 0 bridgehead atoms. The van der Waals surface area contributed by atoms with Crippen LogP contribution in [-0.2, 0) is 9.84 Å². The Balaban J connectivity index is 2.71. The molecule has 0 fully saturated rings. The zero-order valence-electron chi connectivity index (χ0n) is 9.38. The number of rotatable bonds is 4. The number of benzene rings is 1. The van der Waals surface area contributed by atoms with E-state index in [-0.39, 0.29) is 5.75 Å². The lowest BCUT2D eigenvalue weighted by Gasteiger charge is -2.13. The fourth-order valence-electron chi connectivity index (χ4n) is 1.19. The highest BCUT2D eigenvalue weighted by molar-refractivity contribution is 7.91. The summed E-state index contributed by atoms with van der Waals surface area (Å²) in [6, 6.07) is 8.44. The average Bonchev–Trinajstić information content (AvgIpc) is 2.27. The topological polar surface area (TPSA) is 37.4 Å². The molecule has 1 aromatic carbocycles. The average molecular weight is 257 g/mol. The molecule has 1 rings (SSSR count). The van der Waals surface area contributed by atoms with E-state index >= 15 is 0 Å². The van der Waals surface area contributed by atoms with Crippen LogP contribution in [0, 0.1) is 0 Å². The highest BCUT2D eigenvalue weighted by atomic mass is 32.2. The Labute approximate surface area is 102 Å². The van der Waals surface area contributed by atoms with E-state index in [4.69, 9.17) is 12.2 Å². The van der Waals surface area contributed by atoms with Gasteiger partial charge in [-0.1, -0.05) is 30.4 Å². The van der Waals surface area contributed by atoms with Crippen molar-refractivity contribution in [3.8, 4) is 0 Å². The molecule has 88 valence electrons. The first-order valence-corrected chi connectivity index (χ1v) is 6.97. The predicted octanol–water partition coefficient (Wildman–Crippen LogP) is 1.74.